The molecule has 5 atom stereocenters. The van der Waals surface area contributed by atoms with Gasteiger partial charge in [-0.25, -0.2) is 4.79 Å². The molecule has 3 fully saturated rings. The van der Waals surface area contributed by atoms with Gasteiger partial charge in [-0.3, -0.25) is 13.5 Å². The van der Waals surface area contributed by atoms with Gasteiger partial charge >= 0.3 is 27.3 Å². The van der Waals surface area contributed by atoms with Gasteiger partial charge in [-0.15, -0.1) is 0 Å². The summed E-state index contributed by atoms with van der Waals surface area (Å²) in [4.78, 5) is 23.1. The van der Waals surface area contributed by atoms with Crippen LogP contribution >= 0.6 is 0 Å². The summed E-state index contributed by atoms with van der Waals surface area (Å²) in [5, 5.41) is -6.16. The molecule has 148 valence electrons. The molecule has 1 aliphatic heterocycles. The van der Waals surface area contributed by atoms with Crippen molar-refractivity contribution in [3.8, 4) is 0 Å². The normalized spacial score (nSPS) is 34.7. The number of rotatable bonds is 6. The Morgan fingerprint density at radius 3 is 2.42 bits per heavy atom. The Balaban J connectivity index is 1.52. The van der Waals surface area contributed by atoms with Gasteiger partial charge in [0.1, 0.15) is 18.5 Å². The van der Waals surface area contributed by atoms with Crippen molar-refractivity contribution in [3.05, 3.63) is 0 Å². The van der Waals surface area contributed by atoms with Crippen LogP contribution in [0.15, 0.2) is 0 Å². The molecule has 1 heterocycles. The molecule has 0 aromatic carbocycles. The van der Waals surface area contributed by atoms with Crippen molar-refractivity contribution < 1.29 is 53.4 Å². The zero-order valence-corrected chi connectivity index (χ0v) is 14.5. The summed E-state index contributed by atoms with van der Waals surface area (Å²) < 4.78 is 92.5. The second-order valence-electron chi connectivity index (χ2n) is 6.31. The maximum absolute atomic E-state index is 12.9. The largest absolute Gasteiger partial charge is 0.465 e. The third kappa shape index (κ3) is 2.97. The van der Waals surface area contributed by atoms with Gasteiger partial charge in [0, 0.05) is 5.92 Å². The molecule has 2 saturated carbocycles. The van der Waals surface area contributed by atoms with Crippen LogP contribution in [0.3, 0.4) is 0 Å². The Labute approximate surface area is 146 Å². The highest BCUT2D eigenvalue weighted by atomic mass is 32.2. The first-order valence-electron chi connectivity index (χ1n) is 7.47. The number of halogens is 2. The van der Waals surface area contributed by atoms with Gasteiger partial charge in [-0.2, -0.15) is 25.6 Å². The number of hydrogen-bond acceptors (Lipinski definition) is 9. The predicted molar refractivity (Wildman–Crippen MR) is 75.7 cm³/mol. The highest BCUT2D eigenvalue weighted by Gasteiger charge is 2.66. The SMILES string of the molecule is O=C(OCCOC(=O)C(F)(F)S(=O)(=O)O)C1C2CC3OS(=O)(=O)C1C3C2. The van der Waals surface area contributed by atoms with Crippen molar-refractivity contribution >= 4 is 32.2 Å². The minimum absolute atomic E-state index is 0.230. The van der Waals surface area contributed by atoms with Crippen LogP contribution in [-0.4, -0.2) is 63.1 Å². The summed E-state index contributed by atoms with van der Waals surface area (Å²) in [5.41, 5.74) is 0. The van der Waals surface area contributed by atoms with Crippen LogP contribution in [0.1, 0.15) is 12.8 Å². The number of carbonyl (C=O) groups excluding carboxylic acids is 2. The Hall–Kier alpha value is -1.38. The maximum Gasteiger partial charge on any atom is 0.465 e. The van der Waals surface area contributed by atoms with Crippen LogP contribution in [0.4, 0.5) is 8.78 Å². The molecular formula is C12H14F2O10S2. The van der Waals surface area contributed by atoms with Crippen molar-refractivity contribution in [1.29, 1.82) is 0 Å². The Kier molecular flexibility index (Phi) is 4.53. The number of hydrogen-bond donors (Lipinski definition) is 1. The molecule has 26 heavy (non-hydrogen) atoms. The van der Waals surface area contributed by atoms with E-state index in [1.807, 2.05) is 0 Å². The fraction of sp³-hybridized carbons (Fsp3) is 0.833. The van der Waals surface area contributed by atoms with Gasteiger partial charge in [0.05, 0.1) is 12.0 Å². The molecule has 0 spiro atoms. The van der Waals surface area contributed by atoms with E-state index >= 15 is 0 Å². The monoisotopic (exact) mass is 420 g/mol. The van der Waals surface area contributed by atoms with Crippen LogP contribution in [0.5, 0.6) is 0 Å². The van der Waals surface area contributed by atoms with Gasteiger partial charge in [0.2, 0.25) is 0 Å². The quantitative estimate of drug-likeness (QED) is 0.253. The topological polar surface area (TPSA) is 150 Å². The molecule has 10 nitrogen and oxygen atoms in total. The molecule has 0 radical (unpaired) electrons. The summed E-state index contributed by atoms with van der Waals surface area (Å²) in [6.45, 7) is -1.58. The average Bonchev–Trinajstić information content (AvgIpc) is 3.10. The van der Waals surface area contributed by atoms with E-state index in [0.717, 1.165) is 0 Å². The lowest BCUT2D eigenvalue weighted by Crippen LogP contribution is -2.40. The molecule has 5 unspecified atom stereocenters. The van der Waals surface area contributed by atoms with E-state index in [0.29, 0.717) is 12.8 Å². The van der Waals surface area contributed by atoms with E-state index in [2.05, 4.69) is 4.74 Å². The van der Waals surface area contributed by atoms with Crippen molar-refractivity contribution in [1.82, 2.24) is 0 Å². The lowest BCUT2D eigenvalue weighted by atomic mass is 9.87. The van der Waals surface area contributed by atoms with Crippen molar-refractivity contribution in [2.24, 2.45) is 17.8 Å². The molecule has 3 rings (SSSR count). The Bertz CT molecular complexity index is 834. The van der Waals surface area contributed by atoms with E-state index in [4.69, 9.17) is 13.5 Å². The number of esters is 2. The zero-order chi connectivity index (χ0) is 19.5. The molecule has 3 aliphatic rings. The standard InChI is InChI=1S/C12H14F2O10S2/c13-12(14,26(19,20)21)11(16)23-2-1-22-10(15)8-5-3-6-7(4-5)24-25(17,18)9(6)8/h5-9H,1-4H2,(H,19,20,21). The van der Waals surface area contributed by atoms with E-state index < -0.39 is 67.9 Å². The molecule has 2 bridgehead atoms. The van der Waals surface area contributed by atoms with Gasteiger partial charge in [0.15, 0.2) is 0 Å². The number of alkyl halides is 2. The zero-order valence-electron chi connectivity index (χ0n) is 12.9. The van der Waals surface area contributed by atoms with Gasteiger partial charge in [-0.1, -0.05) is 0 Å². The number of ether oxygens (including phenoxy) is 2. The molecule has 2 aliphatic carbocycles. The van der Waals surface area contributed by atoms with E-state index in [-0.39, 0.29) is 11.8 Å². The van der Waals surface area contributed by atoms with Crippen LogP contribution in [-0.2, 0) is 43.5 Å². The van der Waals surface area contributed by atoms with E-state index in [9.17, 15) is 35.2 Å². The fourth-order valence-electron chi connectivity index (χ4n) is 3.87. The summed E-state index contributed by atoms with van der Waals surface area (Å²) in [5.74, 6) is -4.86. The van der Waals surface area contributed by atoms with Crippen molar-refractivity contribution in [2.45, 2.75) is 29.5 Å². The van der Waals surface area contributed by atoms with Crippen LogP contribution < -0.4 is 0 Å². The molecule has 0 aromatic rings. The summed E-state index contributed by atoms with van der Waals surface area (Å²) >= 11 is 0. The van der Waals surface area contributed by atoms with E-state index in [1.165, 1.54) is 0 Å². The lowest BCUT2D eigenvalue weighted by Gasteiger charge is -2.23. The fourth-order valence-corrected chi connectivity index (χ4v) is 6.24. The average molecular weight is 420 g/mol. The van der Waals surface area contributed by atoms with Crippen molar-refractivity contribution in [2.75, 3.05) is 13.2 Å². The van der Waals surface area contributed by atoms with Gasteiger partial charge in [0.25, 0.3) is 10.1 Å². The minimum atomic E-state index is -5.99. The third-order valence-corrected chi connectivity index (χ3v) is 7.50. The number of fused-ring (bicyclic) bond motifs is 1. The van der Waals surface area contributed by atoms with Crippen LogP contribution in [0, 0.1) is 17.8 Å². The van der Waals surface area contributed by atoms with E-state index in [1.54, 1.807) is 0 Å². The Morgan fingerprint density at radius 1 is 1.19 bits per heavy atom. The molecule has 0 aromatic heterocycles. The summed E-state index contributed by atoms with van der Waals surface area (Å²) in [6, 6.07) is 0. The second kappa shape index (κ2) is 6.07. The molecule has 14 heteroatoms. The molecule has 1 N–H and O–H groups in total. The predicted octanol–water partition coefficient (Wildman–Crippen LogP) is -0.693. The minimum Gasteiger partial charge on any atom is -0.462 e. The summed E-state index contributed by atoms with van der Waals surface area (Å²) in [6.07, 6.45) is 0.474. The smallest absolute Gasteiger partial charge is 0.462 e. The molecule has 0 amide bonds. The maximum atomic E-state index is 12.9. The first-order valence-corrected chi connectivity index (χ1v) is 10.4. The van der Waals surface area contributed by atoms with Crippen LogP contribution in [0.2, 0.25) is 0 Å². The lowest BCUT2D eigenvalue weighted by molar-refractivity contribution is -0.166. The first-order chi connectivity index (χ1) is 11.9. The van der Waals surface area contributed by atoms with Gasteiger partial charge in [-0.05, 0) is 18.8 Å². The number of carbonyl (C=O) groups is 2. The highest BCUT2D eigenvalue weighted by molar-refractivity contribution is 7.88. The third-order valence-electron chi connectivity index (χ3n) is 4.86. The Morgan fingerprint density at radius 2 is 1.81 bits per heavy atom. The molecular weight excluding hydrogens is 406 g/mol. The second-order valence-corrected chi connectivity index (χ2v) is 9.49. The summed E-state index contributed by atoms with van der Waals surface area (Å²) in [7, 11) is -9.87. The molecule has 1 saturated heterocycles. The highest BCUT2D eigenvalue weighted by Crippen LogP contribution is 2.57. The van der Waals surface area contributed by atoms with Crippen LogP contribution in [0.25, 0.3) is 0 Å². The van der Waals surface area contributed by atoms with Crippen molar-refractivity contribution in [3.63, 3.8) is 0 Å². The van der Waals surface area contributed by atoms with Gasteiger partial charge < -0.3 is 9.47 Å². The first kappa shape index (κ1) is 19.4.